The van der Waals surface area contributed by atoms with E-state index < -0.39 is 6.36 Å². The Bertz CT molecular complexity index is 368. The van der Waals surface area contributed by atoms with E-state index >= 15 is 0 Å². The Balaban J connectivity index is 3.11. The molecule has 84 valence electrons. The number of rotatable bonds is 2. The molecule has 15 heavy (non-hydrogen) atoms. The summed E-state index contributed by atoms with van der Waals surface area (Å²) in [7, 11) is 0. The summed E-state index contributed by atoms with van der Waals surface area (Å²) in [5.41, 5.74) is 11.1. The van der Waals surface area contributed by atoms with Crippen LogP contribution in [0.4, 0.5) is 18.9 Å². The first-order valence-corrected chi connectivity index (χ1v) is 4.66. The van der Waals surface area contributed by atoms with E-state index in [2.05, 4.69) is 20.7 Å². The van der Waals surface area contributed by atoms with E-state index in [1.807, 2.05) is 0 Å². The van der Waals surface area contributed by atoms with E-state index in [0.29, 0.717) is 4.47 Å². The summed E-state index contributed by atoms with van der Waals surface area (Å²) in [6, 6.07) is 2.48. The summed E-state index contributed by atoms with van der Waals surface area (Å²) in [6.45, 7) is -0.0652. The van der Waals surface area contributed by atoms with Crippen molar-refractivity contribution in [3.63, 3.8) is 0 Å². The molecule has 7 heteroatoms. The Kier molecular flexibility index (Phi) is 3.46. The predicted octanol–water partition coefficient (Wildman–Crippen LogP) is 2.39. The van der Waals surface area contributed by atoms with Crippen molar-refractivity contribution in [2.75, 3.05) is 5.73 Å². The first kappa shape index (κ1) is 12.1. The summed E-state index contributed by atoms with van der Waals surface area (Å²) < 4.78 is 40.2. The van der Waals surface area contributed by atoms with Crippen molar-refractivity contribution in [1.82, 2.24) is 0 Å². The van der Waals surface area contributed by atoms with Crippen LogP contribution in [0.1, 0.15) is 5.56 Å². The molecule has 0 radical (unpaired) electrons. The quantitative estimate of drug-likeness (QED) is 0.820. The molecule has 0 atom stereocenters. The molecular weight excluding hydrogens is 277 g/mol. The lowest BCUT2D eigenvalue weighted by Gasteiger charge is -2.13. The molecule has 0 aliphatic rings. The highest BCUT2D eigenvalue weighted by Gasteiger charge is 2.32. The molecule has 1 rings (SSSR count). The van der Waals surface area contributed by atoms with Crippen LogP contribution >= 0.6 is 15.9 Å². The van der Waals surface area contributed by atoms with Gasteiger partial charge in [0.05, 0.1) is 0 Å². The van der Waals surface area contributed by atoms with Crippen molar-refractivity contribution in [1.29, 1.82) is 0 Å². The third kappa shape index (κ3) is 3.28. The SMILES string of the molecule is NCc1cc(Br)c(N)cc1OC(F)(F)F. The summed E-state index contributed by atoms with van der Waals surface area (Å²) >= 11 is 3.08. The summed E-state index contributed by atoms with van der Waals surface area (Å²) in [5, 5.41) is 0. The van der Waals surface area contributed by atoms with Crippen LogP contribution in [0, 0.1) is 0 Å². The van der Waals surface area contributed by atoms with Gasteiger partial charge < -0.3 is 16.2 Å². The molecule has 0 bridgehead atoms. The normalized spacial score (nSPS) is 11.5. The smallest absolute Gasteiger partial charge is 0.405 e. The molecular formula is C8H8BrF3N2O. The van der Waals surface area contributed by atoms with Gasteiger partial charge in [-0.05, 0) is 22.0 Å². The van der Waals surface area contributed by atoms with Gasteiger partial charge in [0.1, 0.15) is 5.75 Å². The molecule has 0 aromatic heterocycles. The first-order chi connectivity index (χ1) is 6.83. The fraction of sp³-hybridized carbons (Fsp3) is 0.250. The Morgan fingerprint density at radius 2 is 1.93 bits per heavy atom. The summed E-state index contributed by atoms with van der Waals surface area (Å²) in [5.74, 6) is -0.370. The highest BCUT2D eigenvalue weighted by Crippen LogP contribution is 2.32. The number of hydrogen-bond donors (Lipinski definition) is 2. The minimum atomic E-state index is -4.75. The van der Waals surface area contributed by atoms with Crippen LogP contribution in [0.25, 0.3) is 0 Å². The lowest BCUT2D eigenvalue weighted by molar-refractivity contribution is -0.274. The standard InChI is InChI=1S/C8H8BrF3N2O/c9-5-1-4(3-13)7(2-6(5)14)15-8(10,11)12/h1-2H,3,13-14H2. The number of alkyl halides is 3. The number of benzene rings is 1. The molecule has 0 unspecified atom stereocenters. The molecule has 0 spiro atoms. The molecule has 0 heterocycles. The van der Waals surface area contributed by atoms with E-state index in [1.165, 1.54) is 6.07 Å². The Morgan fingerprint density at radius 1 is 1.33 bits per heavy atom. The zero-order valence-corrected chi connectivity index (χ0v) is 9.02. The molecule has 0 fully saturated rings. The maximum atomic E-state index is 12.0. The minimum absolute atomic E-state index is 0.0652. The fourth-order valence-electron chi connectivity index (χ4n) is 0.990. The van der Waals surface area contributed by atoms with Gasteiger partial charge in [0, 0.05) is 28.3 Å². The second kappa shape index (κ2) is 4.28. The largest absolute Gasteiger partial charge is 0.573 e. The van der Waals surface area contributed by atoms with Gasteiger partial charge >= 0.3 is 6.36 Å². The summed E-state index contributed by atoms with van der Waals surface area (Å²) in [4.78, 5) is 0. The van der Waals surface area contributed by atoms with Crippen molar-refractivity contribution in [2.45, 2.75) is 12.9 Å². The molecule has 0 amide bonds. The van der Waals surface area contributed by atoms with Gasteiger partial charge in [0.25, 0.3) is 0 Å². The third-order valence-electron chi connectivity index (χ3n) is 1.63. The van der Waals surface area contributed by atoms with Crippen molar-refractivity contribution in [3.8, 4) is 5.75 Å². The van der Waals surface area contributed by atoms with Gasteiger partial charge in [-0.25, -0.2) is 0 Å². The van der Waals surface area contributed by atoms with Crippen molar-refractivity contribution in [2.24, 2.45) is 5.73 Å². The van der Waals surface area contributed by atoms with E-state index in [1.54, 1.807) is 0 Å². The molecule has 4 N–H and O–H groups in total. The van der Waals surface area contributed by atoms with Crippen molar-refractivity contribution in [3.05, 3.63) is 22.2 Å². The summed E-state index contributed by atoms with van der Waals surface area (Å²) in [6.07, 6.45) is -4.75. The molecule has 1 aromatic carbocycles. The maximum Gasteiger partial charge on any atom is 0.573 e. The second-order valence-electron chi connectivity index (χ2n) is 2.73. The van der Waals surface area contributed by atoms with E-state index in [4.69, 9.17) is 11.5 Å². The number of ether oxygens (including phenoxy) is 1. The topological polar surface area (TPSA) is 61.3 Å². The third-order valence-corrected chi connectivity index (χ3v) is 2.31. The average Bonchev–Trinajstić information content (AvgIpc) is 2.08. The molecule has 3 nitrogen and oxygen atoms in total. The highest BCUT2D eigenvalue weighted by atomic mass is 79.9. The van der Waals surface area contributed by atoms with E-state index in [9.17, 15) is 13.2 Å². The number of nitrogens with two attached hydrogens (primary N) is 2. The molecule has 1 aromatic rings. The van der Waals surface area contributed by atoms with Crippen LogP contribution in [-0.2, 0) is 6.54 Å². The number of anilines is 1. The second-order valence-corrected chi connectivity index (χ2v) is 3.59. The number of halogens is 4. The van der Waals surface area contributed by atoms with Crippen LogP contribution < -0.4 is 16.2 Å². The van der Waals surface area contributed by atoms with Gasteiger partial charge in [-0.15, -0.1) is 13.2 Å². The maximum absolute atomic E-state index is 12.0. The Morgan fingerprint density at radius 3 is 2.40 bits per heavy atom. The van der Waals surface area contributed by atoms with Crippen LogP contribution in [0.3, 0.4) is 0 Å². The first-order valence-electron chi connectivity index (χ1n) is 3.87. The van der Waals surface area contributed by atoms with Crippen LogP contribution in [0.2, 0.25) is 0 Å². The van der Waals surface area contributed by atoms with E-state index in [0.717, 1.165) is 6.07 Å². The zero-order valence-electron chi connectivity index (χ0n) is 7.44. The highest BCUT2D eigenvalue weighted by molar-refractivity contribution is 9.10. The van der Waals surface area contributed by atoms with E-state index in [-0.39, 0.29) is 23.5 Å². The van der Waals surface area contributed by atoms with Gasteiger partial charge in [0.15, 0.2) is 0 Å². The molecule has 0 aliphatic heterocycles. The Hall–Kier alpha value is -0.950. The van der Waals surface area contributed by atoms with Gasteiger partial charge in [-0.1, -0.05) is 0 Å². The van der Waals surface area contributed by atoms with Crippen LogP contribution in [0.5, 0.6) is 5.75 Å². The average molecular weight is 285 g/mol. The monoisotopic (exact) mass is 284 g/mol. The minimum Gasteiger partial charge on any atom is -0.405 e. The van der Waals surface area contributed by atoms with Crippen molar-refractivity contribution < 1.29 is 17.9 Å². The number of nitrogen functional groups attached to an aromatic ring is 1. The molecule has 0 saturated heterocycles. The van der Waals surface area contributed by atoms with Gasteiger partial charge in [-0.2, -0.15) is 0 Å². The molecule has 0 aliphatic carbocycles. The lowest BCUT2D eigenvalue weighted by Crippen LogP contribution is -2.19. The van der Waals surface area contributed by atoms with Crippen LogP contribution in [0.15, 0.2) is 16.6 Å². The Labute approximate surface area is 92.3 Å². The van der Waals surface area contributed by atoms with Crippen LogP contribution in [-0.4, -0.2) is 6.36 Å². The van der Waals surface area contributed by atoms with Crippen molar-refractivity contribution >= 4 is 21.6 Å². The van der Waals surface area contributed by atoms with Gasteiger partial charge in [-0.3, -0.25) is 0 Å². The number of hydrogen-bond acceptors (Lipinski definition) is 3. The molecule has 0 saturated carbocycles. The van der Waals surface area contributed by atoms with Gasteiger partial charge in [0.2, 0.25) is 0 Å². The zero-order chi connectivity index (χ0) is 11.6. The fourth-order valence-corrected chi connectivity index (χ4v) is 1.38. The predicted molar refractivity (Wildman–Crippen MR) is 53.1 cm³/mol. The lowest BCUT2D eigenvalue weighted by atomic mass is 10.2.